The minimum atomic E-state index is -1.54. The van der Waals surface area contributed by atoms with Gasteiger partial charge in [0.2, 0.25) is 0 Å². The molecule has 4 aromatic rings. The molecule has 11 nitrogen and oxygen atoms in total. The predicted octanol–water partition coefficient (Wildman–Crippen LogP) is 10.4. The second-order valence-corrected chi connectivity index (χ2v) is 26.7. The molecule has 15 heteroatoms. The molecule has 1 saturated heterocycles. The van der Waals surface area contributed by atoms with Crippen molar-refractivity contribution >= 4 is 59.5 Å². The van der Waals surface area contributed by atoms with E-state index < -0.39 is 44.1 Å². The van der Waals surface area contributed by atoms with E-state index in [1.165, 1.54) is 7.11 Å². The maximum atomic E-state index is 14.5. The number of methoxy groups -OCH3 is 2. The van der Waals surface area contributed by atoms with Crippen molar-refractivity contribution in [1.82, 2.24) is 0 Å². The number of esters is 2. The molecular weight excluding hydrogens is 947 g/mol. The van der Waals surface area contributed by atoms with Crippen LogP contribution in [0.25, 0.3) is 0 Å². The summed E-state index contributed by atoms with van der Waals surface area (Å²) in [6.45, 7) is 14.9. The summed E-state index contributed by atoms with van der Waals surface area (Å²) in [6, 6.07) is 31.3. The van der Waals surface area contributed by atoms with Crippen LogP contribution < -0.4 is 18.7 Å². The minimum absolute atomic E-state index is 0.0730. The summed E-state index contributed by atoms with van der Waals surface area (Å²) in [7, 11) is 1.47. The molecule has 3 unspecified atom stereocenters. The molecule has 1 aliphatic heterocycles. The third kappa shape index (κ3) is 16.6. The van der Waals surface area contributed by atoms with Crippen LogP contribution in [0.5, 0.6) is 17.2 Å². The third-order valence-electron chi connectivity index (χ3n) is 10.7. The molecule has 65 heavy (non-hydrogen) atoms. The zero-order chi connectivity index (χ0) is 47.7. The van der Waals surface area contributed by atoms with Crippen LogP contribution in [0.4, 0.5) is 0 Å². The number of benzene rings is 4. The molecule has 0 aromatic heterocycles. The summed E-state index contributed by atoms with van der Waals surface area (Å²) in [4.78, 5) is 28.0. The third-order valence-corrected chi connectivity index (χ3v) is 15.9. The van der Waals surface area contributed by atoms with Gasteiger partial charge in [0.05, 0.1) is 1.28 Å². The van der Waals surface area contributed by atoms with Gasteiger partial charge >= 0.3 is 393 Å². The van der Waals surface area contributed by atoms with E-state index in [0.29, 0.717) is 35.5 Å². The summed E-state index contributed by atoms with van der Waals surface area (Å²) in [5.74, 6) is -0.475. The molecule has 7 atom stereocenters. The van der Waals surface area contributed by atoms with Crippen molar-refractivity contribution in [3.8, 4) is 17.2 Å². The summed E-state index contributed by atoms with van der Waals surface area (Å²) < 4.78 is 63.6. The Morgan fingerprint density at radius 2 is 1.62 bits per heavy atom. The number of rotatable bonds is 26. The van der Waals surface area contributed by atoms with E-state index in [0.717, 1.165) is 39.0 Å². The Bertz CT molecular complexity index is 2150. The van der Waals surface area contributed by atoms with E-state index in [-0.39, 0.29) is 60.2 Å². The first-order valence-electron chi connectivity index (χ1n) is 22.3. The summed E-state index contributed by atoms with van der Waals surface area (Å²) in [6.07, 6.45) is 2.61. The van der Waals surface area contributed by atoms with E-state index in [9.17, 15) is 9.59 Å². The number of hydrogen-bond acceptors (Lipinski definition) is 12. The monoisotopic (exact) mass is 1010 g/mol. The molecule has 0 spiro atoms. The Labute approximate surface area is 400 Å². The fourth-order valence-corrected chi connectivity index (χ4v) is 11.1. The van der Waals surface area contributed by atoms with Crippen LogP contribution in [-0.4, -0.2) is 94.1 Å². The van der Waals surface area contributed by atoms with Gasteiger partial charge in [-0.25, -0.2) is 0 Å². The average molecular weight is 1010 g/mol. The predicted molar refractivity (Wildman–Crippen MR) is 264 cm³/mol. The normalized spacial score (nSPS) is 18.2. The Hall–Kier alpha value is -3.68. The van der Waals surface area contributed by atoms with E-state index in [1.807, 2.05) is 94.4 Å². The van der Waals surface area contributed by atoms with Gasteiger partial charge in [0.25, 0.3) is 0 Å². The zero-order valence-electron chi connectivity index (χ0n) is 39.9. The van der Waals surface area contributed by atoms with Gasteiger partial charge < -0.3 is 0 Å². The SMILES string of the molecule is [3H]PSO[C@@H](C)[C@H](C)/C=C\C(OC(=O)c1ccccc1)[C@H]1OC(C)(C)O[C@H]1CCC([Se]c1ccccc1)c1cc(OCc2ccc(OC)cc2)cc(OCOC)c1C(=O)OCC[Si](C)(C)C. The first kappa shape index (κ1) is 50.7. The van der Waals surface area contributed by atoms with Crippen LogP contribution in [0, 0.1) is 5.92 Å². The van der Waals surface area contributed by atoms with Crippen molar-refractivity contribution in [2.24, 2.45) is 5.92 Å². The average Bonchev–Trinajstić information content (AvgIpc) is 3.62. The molecule has 1 aliphatic rings. The number of carbonyl (C=O) groups is 2. The summed E-state index contributed by atoms with van der Waals surface area (Å²) in [5, 5.41) is 0. The first-order valence-corrected chi connectivity index (χ1v) is 29.3. The summed E-state index contributed by atoms with van der Waals surface area (Å²) in [5.41, 5.74) is 2.41. The number of carbonyl (C=O) groups excluding carboxylic acids is 2. The molecule has 352 valence electrons. The summed E-state index contributed by atoms with van der Waals surface area (Å²) >= 11 is 0.886. The molecule has 1 heterocycles. The zero-order valence-corrected chi connectivity index (χ0v) is 43.4. The van der Waals surface area contributed by atoms with Crippen LogP contribution in [-0.2, 0) is 34.5 Å². The van der Waals surface area contributed by atoms with Crippen LogP contribution in [0.1, 0.15) is 77.2 Å². The first-order chi connectivity index (χ1) is 31.6. The van der Waals surface area contributed by atoms with Gasteiger partial charge in [0.15, 0.2) is 0 Å². The molecule has 0 radical (unpaired) electrons. The molecule has 0 N–H and O–H groups in total. The topological polar surface area (TPSA) is 117 Å². The van der Waals surface area contributed by atoms with Crippen LogP contribution >= 0.6 is 20.0 Å². The Kier molecular flexibility index (Phi) is 19.9. The van der Waals surface area contributed by atoms with Crippen molar-refractivity contribution in [1.29, 1.82) is 1.28 Å². The molecule has 5 rings (SSSR count). The molecule has 1 fully saturated rings. The van der Waals surface area contributed by atoms with Gasteiger partial charge in [-0.1, -0.05) is 0 Å². The van der Waals surface area contributed by atoms with Crippen molar-refractivity contribution in [3.05, 3.63) is 131 Å². The molecule has 0 aliphatic carbocycles. The Morgan fingerprint density at radius 3 is 2.28 bits per heavy atom. The fourth-order valence-electron chi connectivity index (χ4n) is 7.02. The Morgan fingerprint density at radius 1 is 0.908 bits per heavy atom. The van der Waals surface area contributed by atoms with E-state index in [2.05, 4.69) is 31.8 Å². The fraction of sp³-hybridized carbons (Fsp3) is 0.440. The van der Waals surface area contributed by atoms with Crippen LogP contribution in [0.3, 0.4) is 0 Å². The number of ether oxygens (including phenoxy) is 8. The van der Waals surface area contributed by atoms with Gasteiger partial charge in [-0.2, -0.15) is 0 Å². The molecule has 0 bridgehead atoms. The van der Waals surface area contributed by atoms with Gasteiger partial charge in [0.1, 0.15) is 0 Å². The second kappa shape index (κ2) is 25.4. The Balaban J connectivity index is 1.56. The standard InChI is InChI=1S/C50H65O11PSSeSi/c1-34(35(2)61-63-62)20-25-42(58-48(51)37-16-12-10-13-17-37)47-43(59-50(3,4)60-47)26-27-45(64-40-18-14-11-15-19-40)41-30-39(56-32-36-21-23-38(54-6)24-22-36)31-44(57-33-53-5)46(41)49(52)55-28-29-65(7,8)9/h10-25,30-31,34-35,42-43,45,47H,26-29,32-33,62H2,1-9H3/b25-20-/t34-,35+,42?,43+,45?,47-/m1/s1/i62T/t34-,35+,42?,43+,45?,47-,62?. The second-order valence-electron chi connectivity index (χ2n) is 17.5. The van der Waals surface area contributed by atoms with Crippen molar-refractivity contribution in [3.63, 3.8) is 0 Å². The molecule has 0 saturated carbocycles. The van der Waals surface area contributed by atoms with Crippen molar-refractivity contribution in [2.75, 3.05) is 27.6 Å². The van der Waals surface area contributed by atoms with Crippen LogP contribution in [0.2, 0.25) is 25.7 Å². The van der Waals surface area contributed by atoms with Gasteiger partial charge in [0, 0.05) is 0 Å². The van der Waals surface area contributed by atoms with Gasteiger partial charge in [-0.3, -0.25) is 0 Å². The van der Waals surface area contributed by atoms with Gasteiger partial charge in [-0.15, -0.1) is 0 Å². The van der Waals surface area contributed by atoms with E-state index >= 15 is 0 Å². The molecular formula is C50H65O11PSSeSi. The van der Waals surface area contributed by atoms with Crippen molar-refractivity contribution in [2.45, 2.75) is 108 Å². The van der Waals surface area contributed by atoms with E-state index in [1.54, 1.807) is 37.4 Å². The molecule has 0 amide bonds. The maximum absolute atomic E-state index is 14.5. The van der Waals surface area contributed by atoms with Crippen LogP contribution in [0.15, 0.2) is 109 Å². The molecule has 4 aromatic carbocycles. The number of hydrogen-bond donors (Lipinski definition) is 0. The van der Waals surface area contributed by atoms with E-state index in [4.69, 9.17) is 43.4 Å². The van der Waals surface area contributed by atoms with Gasteiger partial charge in [-0.05, 0) is 8.39 Å². The quantitative estimate of drug-likeness (QED) is 0.0149. The van der Waals surface area contributed by atoms with Crippen molar-refractivity contribution < 1.29 is 51.7 Å².